The SMILES string of the molecule is Cl.O=C(CN1CCC(C(=O)O)C1)Nc1ccc(OC(F)F)cc1. The maximum atomic E-state index is 12.0. The zero-order chi connectivity index (χ0) is 16.1. The number of amides is 1. The number of hydrogen-bond donors (Lipinski definition) is 2. The van der Waals surface area contributed by atoms with Gasteiger partial charge >= 0.3 is 12.6 Å². The third-order valence-corrected chi connectivity index (χ3v) is 3.35. The predicted molar refractivity (Wildman–Crippen MR) is 81.1 cm³/mol. The van der Waals surface area contributed by atoms with Crippen molar-refractivity contribution in [3.8, 4) is 5.75 Å². The zero-order valence-corrected chi connectivity index (χ0v) is 12.9. The van der Waals surface area contributed by atoms with Crippen LogP contribution in [0.4, 0.5) is 14.5 Å². The molecule has 9 heteroatoms. The van der Waals surface area contributed by atoms with E-state index in [0.29, 0.717) is 25.2 Å². The van der Waals surface area contributed by atoms with Crippen molar-refractivity contribution in [2.24, 2.45) is 5.92 Å². The Morgan fingerprint density at radius 1 is 1.35 bits per heavy atom. The molecular formula is C14H17ClF2N2O4. The van der Waals surface area contributed by atoms with E-state index < -0.39 is 18.5 Å². The number of alkyl halides is 2. The Bertz CT molecular complexity index is 542. The van der Waals surface area contributed by atoms with Gasteiger partial charge in [0.05, 0.1) is 12.5 Å². The summed E-state index contributed by atoms with van der Waals surface area (Å²) in [4.78, 5) is 24.5. The van der Waals surface area contributed by atoms with E-state index in [9.17, 15) is 18.4 Å². The summed E-state index contributed by atoms with van der Waals surface area (Å²) >= 11 is 0. The van der Waals surface area contributed by atoms with Gasteiger partial charge in [0, 0.05) is 12.2 Å². The normalized spacial score (nSPS) is 17.6. The summed E-state index contributed by atoms with van der Waals surface area (Å²) in [7, 11) is 0. The second-order valence-corrected chi connectivity index (χ2v) is 5.01. The van der Waals surface area contributed by atoms with Crippen molar-refractivity contribution < 1.29 is 28.2 Å². The molecule has 2 rings (SSSR count). The number of rotatable bonds is 6. The van der Waals surface area contributed by atoms with Crippen LogP contribution in [0.15, 0.2) is 24.3 Å². The Balaban J connectivity index is 0.00000264. The van der Waals surface area contributed by atoms with Crippen LogP contribution in [-0.2, 0) is 9.59 Å². The first kappa shape index (κ1) is 19.1. The molecule has 23 heavy (non-hydrogen) atoms. The van der Waals surface area contributed by atoms with E-state index in [1.54, 1.807) is 4.90 Å². The van der Waals surface area contributed by atoms with Gasteiger partial charge in [0.25, 0.3) is 0 Å². The lowest BCUT2D eigenvalue weighted by atomic mass is 10.1. The summed E-state index contributed by atoms with van der Waals surface area (Å²) in [6.45, 7) is -1.88. The smallest absolute Gasteiger partial charge is 0.387 e. The topological polar surface area (TPSA) is 78.9 Å². The van der Waals surface area contributed by atoms with Crippen LogP contribution < -0.4 is 10.1 Å². The van der Waals surface area contributed by atoms with Gasteiger partial charge < -0.3 is 15.2 Å². The van der Waals surface area contributed by atoms with Gasteiger partial charge in [-0.05, 0) is 37.2 Å². The fourth-order valence-corrected chi connectivity index (χ4v) is 2.30. The number of carbonyl (C=O) groups is 2. The van der Waals surface area contributed by atoms with Crippen molar-refractivity contribution in [3.05, 3.63) is 24.3 Å². The number of nitrogens with zero attached hydrogens (tertiary/aromatic N) is 1. The van der Waals surface area contributed by atoms with E-state index in [4.69, 9.17) is 5.11 Å². The Labute approximate surface area is 137 Å². The number of benzene rings is 1. The van der Waals surface area contributed by atoms with Crippen LogP contribution in [-0.4, -0.2) is 48.1 Å². The number of ether oxygens (including phenoxy) is 1. The first-order valence-corrected chi connectivity index (χ1v) is 6.74. The van der Waals surface area contributed by atoms with Gasteiger partial charge in [0.15, 0.2) is 0 Å². The summed E-state index contributed by atoms with van der Waals surface area (Å²) in [5, 5.41) is 11.5. The second kappa shape index (κ2) is 8.64. The van der Waals surface area contributed by atoms with Gasteiger partial charge in [-0.2, -0.15) is 8.78 Å². The average Bonchev–Trinajstić information content (AvgIpc) is 2.89. The lowest BCUT2D eigenvalue weighted by Crippen LogP contribution is -2.32. The molecule has 1 aromatic rings. The highest BCUT2D eigenvalue weighted by atomic mass is 35.5. The highest BCUT2D eigenvalue weighted by Gasteiger charge is 2.28. The Hall–Kier alpha value is -1.93. The van der Waals surface area contributed by atoms with Gasteiger partial charge in [-0.15, -0.1) is 12.4 Å². The van der Waals surface area contributed by atoms with E-state index in [1.807, 2.05) is 0 Å². The van der Waals surface area contributed by atoms with E-state index in [-0.39, 0.29) is 30.6 Å². The number of carboxylic acids is 1. The summed E-state index contributed by atoms with van der Waals surface area (Å²) in [6.07, 6.45) is 0.530. The summed E-state index contributed by atoms with van der Waals surface area (Å²) in [5.74, 6) is -1.55. The number of likely N-dealkylation sites (tertiary alicyclic amines) is 1. The standard InChI is InChI=1S/C14H16F2N2O4.ClH/c15-14(16)22-11-3-1-10(2-4-11)17-12(19)8-18-6-5-9(7-18)13(20)21;/h1-4,9,14H,5-8H2,(H,17,19)(H,20,21);1H. The molecule has 0 bridgehead atoms. The van der Waals surface area contributed by atoms with Crippen molar-refractivity contribution >= 4 is 30.0 Å². The van der Waals surface area contributed by atoms with Crippen molar-refractivity contribution in [2.45, 2.75) is 13.0 Å². The first-order chi connectivity index (χ1) is 10.4. The molecule has 0 aliphatic carbocycles. The molecule has 1 fully saturated rings. The molecule has 2 N–H and O–H groups in total. The molecule has 0 radical (unpaired) electrons. The van der Waals surface area contributed by atoms with Crippen molar-refractivity contribution in [3.63, 3.8) is 0 Å². The van der Waals surface area contributed by atoms with Crippen LogP contribution in [0, 0.1) is 5.92 Å². The maximum absolute atomic E-state index is 12.0. The summed E-state index contributed by atoms with van der Waals surface area (Å²) < 4.78 is 28.2. The molecule has 1 heterocycles. The van der Waals surface area contributed by atoms with Gasteiger partial charge in [-0.1, -0.05) is 0 Å². The minimum absolute atomic E-state index is 0. The van der Waals surface area contributed by atoms with E-state index >= 15 is 0 Å². The number of carboxylic acid groups (broad SMARTS) is 1. The number of carbonyl (C=O) groups excluding carboxylic acids is 1. The molecule has 1 amide bonds. The monoisotopic (exact) mass is 350 g/mol. The summed E-state index contributed by atoms with van der Waals surface area (Å²) in [6, 6.07) is 5.58. The lowest BCUT2D eigenvalue weighted by Gasteiger charge is -2.15. The highest BCUT2D eigenvalue weighted by Crippen LogP contribution is 2.19. The third kappa shape index (κ3) is 5.99. The van der Waals surface area contributed by atoms with Crippen molar-refractivity contribution in [1.29, 1.82) is 0 Å². The van der Waals surface area contributed by atoms with Crippen LogP contribution in [0.5, 0.6) is 5.75 Å². The highest BCUT2D eigenvalue weighted by molar-refractivity contribution is 5.92. The zero-order valence-electron chi connectivity index (χ0n) is 12.1. The molecular weight excluding hydrogens is 334 g/mol. The fraction of sp³-hybridized carbons (Fsp3) is 0.429. The first-order valence-electron chi connectivity index (χ1n) is 6.74. The molecule has 0 saturated carbocycles. The number of hydrogen-bond acceptors (Lipinski definition) is 4. The van der Waals surface area contributed by atoms with Crippen LogP contribution >= 0.6 is 12.4 Å². The fourth-order valence-electron chi connectivity index (χ4n) is 2.30. The molecule has 0 spiro atoms. The van der Waals surface area contributed by atoms with E-state index in [1.165, 1.54) is 24.3 Å². The van der Waals surface area contributed by atoms with Gasteiger partial charge in [-0.3, -0.25) is 14.5 Å². The molecule has 1 aromatic carbocycles. The molecule has 1 unspecified atom stereocenters. The van der Waals surface area contributed by atoms with Crippen molar-refractivity contribution in [2.75, 3.05) is 25.0 Å². The second-order valence-electron chi connectivity index (χ2n) is 5.01. The number of halogens is 3. The van der Waals surface area contributed by atoms with Gasteiger partial charge in [0.2, 0.25) is 5.91 Å². The van der Waals surface area contributed by atoms with Gasteiger partial charge in [0.1, 0.15) is 5.75 Å². The average molecular weight is 351 g/mol. The number of anilines is 1. The Morgan fingerprint density at radius 3 is 2.52 bits per heavy atom. The molecule has 128 valence electrons. The van der Waals surface area contributed by atoms with Crippen LogP contribution in [0.2, 0.25) is 0 Å². The predicted octanol–water partition coefficient (Wildman–Crippen LogP) is 2.05. The molecule has 1 aliphatic rings. The molecule has 1 saturated heterocycles. The van der Waals surface area contributed by atoms with Crippen LogP contribution in [0.3, 0.4) is 0 Å². The minimum Gasteiger partial charge on any atom is -0.481 e. The number of nitrogens with one attached hydrogen (secondary N) is 1. The maximum Gasteiger partial charge on any atom is 0.387 e. The van der Waals surface area contributed by atoms with Crippen LogP contribution in [0.1, 0.15) is 6.42 Å². The number of aliphatic carboxylic acids is 1. The Kier molecular flexibility index (Phi) is 7.18. The third-order valence-electron chi connectivity index (χ3n) is 3.35. The quantitative estimate of drug-likeness (QED) is 0.821. The van der Waals surface area contributed by atoms with Crippen molar-refractivity contribution in [1.82, 2.24) is 4.90 Å². The molecule has 1 atom stereocenters. The molecule has 1 aliphatic heterocycles. The molecule has 6 nitrogen and oxygen atoms in total. The lowest BCUT2D eigenvalue weighted by molar-refractivity contribution is -0.141. The van der Waals surface area contributed by atoms with E-state index in [0.717, 1.165) is 0 Å². The minimum atomic E-state index is -2.89. The van der Waals surface area contributed by atoms with Crippen LogP contribution in [0.25, 0.3) is 0 Å². The Morgan fingerprint density at radius 2 is 2.00 bits per heavy atom. The largest absolute Gasteiger partial charge is 0.481 e. The molecule has 0 aromatic heterocycles. The van der Waals surface area contributed by atoms with E-state index in [2.05, 4.69) is 10.1 Å². The summed E-state index contributed by atoms with van der Waals surface area (Å²) in [5.41, 5.74) is 0.459. The van der Waals surface area contributed by atoms with Gasteiger partial charge in [-0.25, -0.2) is 0 Å².